The number of para-hydroxylation sites is 1. The lowest BCUT2D eigenvalue weighted by molar-refractivity contribution is -0.120. The molecule has 136 valence electrons. The molecule has 0 saturated heterocycles. The monoisotopic (exact) mass is 351 g/mol. The van der Waals surface area contributed by atoms with Crippen molar-refractivity contribution in [2.45, 2.75) is 52.0 Å². The number of hydrogen-bond acceptors (Lipinski definition) is 3. The quantitative estimate of drug-likeness (QED) is 0.742. The number of aryl methyl sites for hydroxylation is 2. The normalized spacial score (nSPS) is 14.2. The standard InChI is InChI=1S/C20H25N5O/c1-14-16(15-7-4-5-8-17(15)22-14)13-20(26)21-11-10-19-24-23-18-9-3-2-6-12-25(18)19/h4-5,7-8,22H,2-3,6,9-13H2,1H3,(H,21,26). The Bertz CT molecular complexity index is 924. The molecule has 1 amide bonds. The second kappa shape index (κ2) is 7.32. The maximum absolute atomic E-state index is 12.4. The number of benzene rings is 1. The van der Waals surface area contributed by atoms with Crippen molar-refractivity contribution in [2.75, 3.05) is 6.54 Å². The van der Waals surface area contributed by atoms with Crippen LogP contribution in [-0.2, 0) is 30.6 Å². The molecule has 0 unspecified atom stereocenters. The molecule has 0 atom stereocenters. The summed E-state index contributed by atoms with van der Waals surface area (Å²) in [5.41, 5.74) is 3.22. The topological polar surface area (TPSA) is 75.6 Å². The summed E-state index contributed by atoms with van der Waals surface area (Å²) in [7, 11) is 0. The SMILES string of the molecule is Cc1[nH]c2ccccc2c1CC(=O)NCCc1nnc2n1CCCCC2. The summed E-state index contributed by atoms with van der Waals surface area (Å²) >= 11 is 0. The third-order valence-electron chi connectivity index (χ3n) is 5.22. The molecule has 1 aromatic carbocycles. The smallest absolute Gasteiger partial charge is 0.224 e. The molecule has 0 saturated carbocycles. The Morgan fingerprint density at radius 3 is 3.04 bits per heavy atom. The summed E-state index contributed by atoms with van der Waals surface area (Å²) in [5, 5.41) is 12.8. The maximum Gasteiger partial charge on any atom is 0.224 e. The van der Waals surface area contributed by atoms with E-state index in [1.54, 1.807) is 0 Å². The number of nitrogens with one attached hydrogen (secondary N) is 2. The van der Waals surface area contributed by atoms with Crippen molar-refractivity contribution in [1.82, 2.24) is 25.1 Å². The molecule has 26 heavy (non-hydrogen) atoms. The number of H-pyrrole nitrogens is 1. The number of amides is 1. The van der Waals surface area contributed by atoms with Crippen molar-refractivity contribution < 1.29 is 4.79 Å². The Labute approximate surface area is 153 Å². The predicted molar refractivity (Wildman–Crippen MR) is 101 cm³/mol. The van der Waals surface area contributed by atoms with Crippen molar-refractivity contribution in [1.29, 1.82) is 0 Å². The third kappa shape index (κ3) is 3.36. The largest absolute Gasteiger partial charge is 0.358 e. The van der Waals surface area contributed by atoms with Gasteiger partial charge in [0.25, 0.3) is 0 Å². The number of carbonyl (C=O) groups excluding carboxylic acids is 1. The van der Waals surface area contributed by atoms with E-state index in [1.807, 2.05) is 25.1 Å². The Kier molecular flexibility index (Phi) is 4.73. The van der Waals surface area contributed by atoms with E-state index in [9.17, 15) is 4.79 Å². The van der Waals surface area contributed by atoms with Gasteiger partial charge in [0.05, 0.1) is 6.42 Å². The number of fused-ring (bicyclic) bond motifs is 2. The molecule has 4 rings (SSSR count). The summed E-state index contributed by atoms with van der Waals surface area (Å²) in [6, 6.07) is 8.12. The van der Waals surface area contributed by atoms with E-state index in [2.05, 4.69) is 31.1 Å². The molecule has 2 aromatic heterocycles. The lowest BCUT2D eigenvalue weighted by atomic mass is 10.1. The molecule has 2 N–H and O–H groups in total. The fraction of sp³-hybridized carbons (Fsp3) is 0.450. The van der Waals surface area contributed by atoms with Crippen molar-refractivity contribution in [3.05, 3.63) is 47.2 Å². The van der Waals surface area contributed by atoms with Gasteiger partial charge in [-0.15, -0.1) is 10.2 Å². The van der Waals surface area contributed by atoms with Crippen LogP contribution >= 0.6 is 0 Å². The number of hydrogen-bond donors (Lipinski definition) is 2. The van der Waals surface area contributed by atoms with Gasteiger partial charge < -0.3 is 14.9 Å². The number of aromatic amines is 1. The van der Waals surface area contributed by atoms with Crippen molar-refractivity contribution in [3.63, 3.8) is 0 Å². The number of rotatable bonds is 5. The molecule has 0 fully saturated rings. The van der Waals surface area contributed by atoms with Crippen LogP contribution in [0.4, 0.5) is 0 Å². The van der Waals surface area contributed by atoms with E-state index in [0.29, 0.717) is 13.0 Å². The molecule has 0 aliphatic carbocycles. The van der Waals surface area contributed by atoms with Gasteiger partial charge in [-0.25, -0.2) is 0 Å². The first-order valence-electron chi connectivity index (χ1n) is 9.46. The minimum atomic E-state index is 0.0495. The average Bonchev–Trinajstić information content (AvgIpc) is 3.06. The highest BCUT2D eigenvalue weighted by atomic mass is 16.1. The van der Waals surface area contributed by atoms with Gasteiger partial charge in [0.2, 0.25) is 5.91 Å². The molecular weight excluding hydrogens is 326 g/mol. The zero-order valence-electron chi connectivity index (χ0n) is 15.2. The van der Waals surface area contributed by atoms with Crippen LogP contribution < -0.4 is 5.32 Å². The van der Waals surface area contributed by atoms with Crippen molar-refractivity contribution in [2.24, 2.45) is 0 Å². The zero-order valence-corrected chi connectivity index (χ0v) is 15.2. The first kappa shape index (κ1) is 16.8. The number of aromatic nitrogens is 4. The summed E-state index contributed by atoms with van der Waals surface area (Å²) < 4.78 is 2.24. The van der Waals surface area contributed by atoms with Crippen LogP contribution in [0.25, 0.3) is 10.9 Å². The molecule has 0 bridgehead atoms. The van der Waals surface area contributed by atoms with Crippen molar-refractivity contribution in [3.8, 4) is 0 Å². The fourth-order valence-electron chi connectivity index (χ4n) is 3.83. The van der Waals surface area contributed by atoms with E-state index in [0.717, 1.165) is 53.2 Å². The minimum Gasteiger partial charge on any atom is -0.358 e. The lowest BCUT2D eigenvalue weighted by Gasteiger charge is -2.08. The average molecular weight is 351 g/mol. The van der Waals surface area contributed by atoms with Crippen LogP contribution in [-0.4, -0.2) is 32.2 Å². The van der Waals surface area contributed by atoms with E-state index in [4.69, 9.17) is 0 Å². The molecule has 6 heteroatoms. The third-order valence-corrected chi connectivity index (χ3v) is 5.22. The van der Waals surface area contributed by atoms with Crippen LogP contribution in [0.15, 0.2) is 24.3 Å². The highest BCUT2D eigenvalue weighted by Gasteiger charge is 2.15. The molecule has 1 aliphatic rings. The number of carbonyl (C=O) groups is 1. The minimum absolute atomic E-state index is 0.0495. The van der Waals surface area contributed by atoms with Gasteiger partial charge in [0.15, 0.2) is 0 Å². The zero-order chi connectivity index (χ0) is 17.9. The fourth-order valence-corrected chi connectivity index (χ4v) is 3.83. The highest BCUT2D eigenvalue weighted by Crippen LogP contribution is 2.22. The Hall–Kier alpha value is -2.63. The van der Waals surface area contributed by atoms with Crippen LogP contribution in [0.1, 0.15) is 42.2 Å². The second-order valence-corrected chi connectivity index (χ2v) is 7.05. The number of nitrogens with zero attached hydrogens (tertiary/aromatic N) is 3. The molecule has 6 nitrogen and oxygen atoms in total. The molecule has 1 aliphatic heterocycles. The van der Waals surface area contributed by atoms with Crippen molar-refractivity contribution >= 4 is 16.8 Å². The van der Waals surface area contributed by atoms with E-state index < -0.39 is 0 Å². The van der Waals surface area contributed by atoms with Crippen LogP contribution in [0.5, 0.6) is 0 Å². The van der Waals surface area contributed by atoms with Gasteiger partial charge >= 0.3 is 0 Å². The first-order valence-corrected chi connectivity index (χ1v) is 9.46. The first-order chi connectivity index (χ1) is 12.7. The van der Waals surface area contributed by atoms with Gasteiger partial charge in [-0.1, -0.05) is 24.6 Å². The van der Waals surface area contributed by atoms with Gasteiger partial charge in [0.1, 0.15) is 11.6 Å². The predicted octanol–water partition coefficient (Wildman–Crippen LogP) is 2.70. The Morgan fingerprint density at radius 1 is 1.23 bits per heavy atom. The van der Waals surface area contributed by atoms with Gasteiger partial charge in [-0.2, -0.15) is 0 Å². The summed E-state index contributed by atoms with van der Waals surface area (Å²) in [5.74, 6) is 2.14. The summed E-state index contributed by atoms with van der Waals surface area (Å²) in [6.07, 6.45) is 5.77. The molecule has 3 heterocycles. The summed E-state index contributed by atoms with van der Waals surface area (Å²) in [6.45, 7) is 3.62. The van der Waals surface area contributed by atoms with Gasteiger partial charge in [-0.3, -0.25) is 4.79 Å². The van der Waals surface area contributed by atoms with Crippen LogP contribution in [0.2, 0.25) is 0 Å². The molecule has 0 radical (unpaired) electrons. The van der Waals surface area contributed by atoms with Crippen LogP contribution in [0, 0.1) is 6.92 Å². The van der Waals surface area contributed by atoms with Gasteiger partial charge in [-0.05, 0) is 31.4 Å². The molecule has 0 spiro atoms. The van der Waals surface area contributed by atoms with E-state index in [1.165, 1.54) is 19.3 Å². The lowest BCUT2D eigenvalue weighted by Crippen LogP contribution is -2.28. The van der Waals surface area contributed by atoms with E-state index >= 15 is 0 Å². The summed E-state index contributed by atoms with van der Waals surface area (Å²) in [4.78, 5) is 15.8. The Morgan fingerprint density at radius 2 is 2.12 bits per heavy atom. The van der Waals surface area contributed by atoms with Crippen LogP contribution in [0.3, 0.4) is 0 Å². The molecule has 3 aromatic rings. The molecular formula is C20H25N5O. The second-order valence-electron chi connectivity index (χ2n) is 7.05. The highest BCUT2D eigenvalue weighted by molar-refractivity contribution is 5.90. The van der Waals surface area contributed by atoms with Gasteiger partial charge in [0, 0.05) is 42.5 Å². The van der Waals surface area contributed by atoms with E-state index in [-0.39, 0.29) is 5.91 Å². The Balaban J connectivity index is 1.36. The maximum atomic E-state index is 12.4.